The van der Waals surface area contributed by atoms with Crippen LogP contribution in [0.1, 0.15) is 105 Å². The maximum atomic E-state index is 10.2. The van der Waals surface area contributed by atoms with Gasteiger partial charge in [0.05, 0.1) is 0 Å². The molecule has 0 unspecified atom stereocenters. The summed E-state index contributed by atoms with van der Waals surface area (Å²) in [5, 5.41) is 19.7. The van der Waals surface area contributed by atoms with E-state index in [1.807, 2.05) is 12.1 Å². The summed E-state index contributed by atoms with van der Waals surface area (Å²) in [5.74, 6) is 0.797. The number of halogens is 1. The molecule has 34 heavy (non-hydrogen) atoms. The van der Waals surface area contributed by atoms with Gasteiger partial charge < -0.3 is 20.0 Å². The molecule has 0 atom stereocenters. The molecule has 2 rings (SSSR count). The molecule has 194 valence electrons. The molecule has 0 aliphatic carbocycles. The molecule has 0 bridgehead atoms. The predicted octanol–water partition coefficient (Wildman–Crippen LogP) is 8.14. The summed E-state index contributed by atoms with van der Waals surface area (Å²) in [6, 6.07) is 11.9. The Kier molecular flexibility index (Phi) is 11.3. The van der Waals surface area contributed by atoms with Crippen molar-refractivity contribution in [3.8, 4) is 11.5 Å². The van der Waals surface area contributed by atoms with Crippen molar-refractivity contribution < 1.29 is 24.2 Å². The largest absolute Gasteiger partial charge is 0.508 e. The molecule has 2 aromatic carbocycles. The maximum Gasteiger partial charge on any atom is 0.369 e. The van der Waals surface area contributed by atoms with Gasteiger partial charge in [0.25, 0.3) is 0 Å². The second-order valence-electron chi connectivity index (χ2n) is 12.7. The third-order valence-corrected chi connectivity index (χ3v) is 5.34. The number of phenols is 2. The third-order valence-electron chi connectivity index (χ3n) is 5.34. The zero-order chi connectivity index (χ0) is 27.3. The summed E-state index contributed by atoms with van der Waals surface area (Å²) in [7, 11) is -3.12. The van der Waals surface area contributed by atoms with Gasteiger partial charge in [-0.3, -0.25) is 0 Å². The van der Waals surface area contributed by atoms with Gasteiger partial charge in [-0.25, -0.2) is 0 Å². The topological polar surface area (TPSA) is 80.9 Å². The van der Waals surface area contributed by atoms with Gasteiger partial charge in [-0.2, -0.15) is 4.20 Å². The van der Waals surface area contributed by atoms with Crippen molar-refractivity contribution in [1.29, 1.82) is 0 Å². The Labute approximate surface area is 207 Å². The fraction of sp³-hybridized carbons (Fsp3) is 0.571. The zero-order valence-electron chi connectivity index (χ0n) is 23.1. The van der Waals surface area contributed by atoms with E-state index in [0.717, 1.165) is 11.1 Å². The fourth-order valence-electron chi connectivity index (χ4n) is 3.21. The minimum absolute atomic E-state index is 0.00859. The smallest absolute Gasteiger partial charge is 0.369 e. The molecule has 4 nitrogen and oxygen atoms in total. The highest BCUT2D eigenvalue weighted by Crippen LogP contribution is 2.35. The van der Waals surface area contributed by atoms with Crippen LogP contribution in [0.3, 0.4) is 0 Å². The first kappa shape index (κ1) is 32.3. The summed E-state index contributed by atoms with van der Waals surface area (Å²) < 4.78 is 10.2. The molecule has 0 aromatic heterocycles. The van der Waals surface area contributed by atoms with Gasteiger partial charge in [0, 0.05) is 0 Å². The third kappa shape index (κ3) is 11.2. The van der Waals surface area contributed by atoms with Gasteiger partial charge in [0.1, 0.15) is 11.5 Å². The van der Waals surface area contributed by atoms with Crippen molar-refractivity contribution in [3.05, 3.63) is 58.7 Å². The lowest BCUT2D eigenvalue weighted by molar-refractivity contribution is 0.428. The van der Waals surface area contributed by atoms with E-state index in [0.29, 0.717) is 11.5 Å². The summed E-state index contributed by atoms with van der Waals surface area (Å²) in [6.07, 6.45) is 0. The van der Waals surface area contributed by atoms with Crippen molar-refractivity contribution in [2.45, 2.75) is 105 Å². The molecule has 0 aliphatic heterocycles. The second kappa shape index (κ2) is 11.8. The molecule has 0 radical (unpaired) electrons. The van der Waals surface area contributed by atoms with Crippen LogP contribution in [0.5, 0.6) is 11.5 Å². The molecule has 6 heteroatoms. The first-order valence-corrected chi connectivity index (χ1v) is 12.6. The average molecular weight is 497 g/mol. The van der Waals surface area contributed by atoms with Gasteiger partial charge in [-0.1, -0.05) is 107 Å². The normalized spacial score (nSPS) is 12.5. The predicted molar refractivity (Wildman–Crippen MR) is 143 cm³/mol. The van der Waals surface area contributed by atoms with Gasteiger partial charge in [-0.15, -0.1) is 0 Å². The molecule has 2 aromatic rings. The Bertz CT molecular complexity index is 836. The minimum Gasteiger partial charge on any atom is -0.508 e. The number of hydrogen-bond donors (Lipinski definition) is 4. The van der Waals surface area contributed by atoms with E-state index in [1.165, 1.54) is 11.1 Å². The number of rotatable bonds is 0. The number of hydrogen-bond acceptors (Lipinski definition) is 4. The molecular weight excluding hydrogens is 450 g/mol. The van der Waals surface area contributed by atoms with E-state index in [9.17, 15) is 14.4 Å². The quantitative estimate of drug-likeness (QED) is 0.278. The van der Waals surface area contributed by atoms with Crippen molar-refractivity contribution >= 4 is 8.69 Å². The molecular formula is C28H46FO4P. The van der Waals surface area contributed by atoms with Crippen LogP contribution in [0.25, 0.3) is 0 Å². The Morgan fingerprint density at radius 2 is 0.765 bits per heavy atom. The first-order valence-electron chi connectivity index (χ1n) is 11.5. The maximum absolute atomic E-state index is 10.2. The highest BCUT2D eigenvalue weighted by atomic mass is 31.2. The summed E-state index contributed by atoms with van der Waals surface area (Å²) in [6.45, 7) is 25.8. The Morgan fingerprint density at radius 1 is 0.529 bits per heavy atom. The van der Waals surface area contributed by atoms with Gasteiger partial charge in [0.15, 0.2) is 0 Å². The lowest BCUT2D eigenvalue weighted by atomic mass is 9.80. The monoisotopic (exact) mass is 496 g/mol. The summed E-state index contributed by atoms with van der Waals surface area (Å²) in [4.78, 5) is 14.0. The lowest BCUT2D eigenvalue weighted by Gasteiger charge is -2.25. The summed E-state index contributed by atoms with van der Waals surface area (Å²) >= 11 is 0. The van der Waals surface area contributed by atoms with Crippen LogP contribution >= 0.6 is 8.69 Å². The molecule has 0 spiro atoms. The van der Waals surface area contributed by atoms with Gasteiger partial charge >= 0.3 is 8.69 Å². The van der Waals surface area contributed by atoms with Crippen molar-refractivity contribution in [2.75, 3.05) is 0 Å². The van der Waals surface area contributed by atoms with Crippen LogP contribution in [-0.2, 0) is 21.7 Å². The van der Waals surface area contributed by atoms with E-state index in [2.05, 4.69) is 95.2 Å². The lowest BCUT2D eigenvalue weighted by Crippen LogP contribution is -2.16. The highest BCUT2D eigenvalue weighted by Gasteiger charge is 2.23. The van der Waals surface area contributed by atoms with Gasteiger partial charge in [0.2, 0.25) is 0 Å². The molecule has 0 aliphatic rings. The molecule has 0 saturated carbocycles. The fourth-order valence-corrected chi connectivity index (χ4v) is 3.21. The number of benzene rings is 2. The van der Waals surface area contributed by atoms with Crippen LogP contribution in [0.4, 0.5) is 4.20 Å². The van der Waals surface area contributed by atoms with E-state index >= 15 is 0 Å². The Morgan fingerprint density at radius 3 is 0.941 bits per heavy atom. The molecule has 0 fully saturated rings. The second-order valence-corrected chi connectivity index (χ2v) is 13.2. The van der Waals surface area contributed by atoms with Crippen LogP contribution in [-0.4, -0.2) is 20.0 Å². The SMILES string of the molecule is CC(C)(C)c1ccc(O)c(C(C)(C)C)c1.CC(C)(C)c1ccc(O)c(C(C)(C)C)c1.OP(O)F. The zero-order valence-corrected chi connectivity index (χ0v) is 24.0. The van der Waals surface area contributed by atoms with Crippen LogP contribution in [0, 0.1) is 0 Å². The number of phenolic OH excluding ortho intramolecular Hbond substituents is 2. The molecule has 0 saturated heterocycles. The Hall–Kier alpha value is -1.68. The van der Waals surface area contributed by atoms with Crippen molar-refractivity contribution in [1.82, 2.24) is 0 Å². The van der Waals surface area contributed by atoms with E-state index in [1.54, 1.807) is 12.1 Å². The van der Waals surface area contributed by atoms with Crippen molar-refractivity contribution in [2.24, 2.45) is 0 Å². The van der Waals surface area contributed by atoms with E-state index in [-0.39, 0.29) is 21.7 Å². The molecule has 4 N–H and O–H groups in total. The van der Waals surface area contributed by atoms with Crippen LogP contribution in [0.15, 0.2) is 36.4 Å². The Balaban J connectivity index is 0.000000554. The van der Waals surface area contributed by atoms with E-state index in [4.69, 9.17) is 9.79 Å². The minimum atomic E-state index is -3.12. The standard InChI is InChI=1S/2C14H22O.FH2O2P/c2*1-13(2,3)10-7-8-12(15)11(9-10)14(4,5)6;1-4(2)3/h2*7-9,15H,1-6H3;2-3H. The average Bonchev–Trinajstić information content (AvgIpc) is 2.58. The van der Waals surface area contributed by atoms with Crippen LogP contribution in [0.2, 0.25) is 0 Å². The molecule has 0 amide bonds. The highest BCUT2D eigenvalue weighted by molar-refractivity contribution is 7.38. The van der Waals surface area contributed by atoms with Crippen LogP contribution < -0.4 is 0 Å². The van der Waals surface area contributed by atoms with E-state index < -0.39 is 8.69 Å². The first-order chi connectivity index (χ1) is 15.0. The van der Waals surface area contributed by atoms with Crippen molar-refractivity contribution in [3.63, 3.8) is 0 Å². The summed E-state index contributed by atoms with van der Waals surface area (Å²) in [5.41, 5.74) is 4.83. The molecule has 0 heterocycles. The number of aromatic hydroxyl groups is 2. The van der Waals surface area contributed by atoms with Gasteiger partial charge in [-0.05, 0) is 56.0 Å².